The number of esters is 1. The van der Waals surface area contributed by atoms with Crippen molar-refractivity contribution < 1.29 is 29.0 Å². The van der Waals surface area contributed by atoms with Crippen molar-refractivity contribution in [3.8, 4) is 0 Å². The molecule has 1 amide bonds. The van der Waals surface area contributed by atoms with E-state index in [0.717, 1.165) is 24.0 Å². The van der Waals surface area contributed by atoms with E-state index < -0.39 is 12.1 Å². The highest BCUT2D eigenvalue weighted by atomic mass is 16.5. The molecule has 4 rings (SSSR count). The molecule has 3 N–H and O–H groups in total. The standard InChI is InChI=1S/C21H20O4.C4H8O.CH3NO/c22-20(23)18-15-11-12-16(17(15)18)21(24)25-19(13-7-3-1-4-8-13)14-9-5-2-6-10-14;1-3-4-5-2;2-1-3/h1-10,15-19H,11-12H2,(H,22,23);3H,1,4H2,2H3;1H,(H2,2,3). The number of benzene rings is 2. The van der Waals surface area contributed by atoms with Gasteiger partial charge in [0.05, 0.1) is 18.4 Å². The fourth-order valence-electron chi connectivity index (χ4n) is 4.41. The maximum absolute atomic E-state index is 12.8. The van der Waals surface area contributed by atoms with Gasteiger partial charge in [-0.1, -0.05) is 66.7 Å². The molecule has 33 heavy (non-hydrogen) atoms. The number of aliphatic carboxylic acids is 1. The Labute approximate surface area is 194 Å². The lowest BCUT2D eigenvalue weighted by atomic mass is 9.98. The van der Waals surface area contributed by atoms with E-state index in [1.807, 2.05) is 60.7 Å². The van der Waals surface area contributed by atoms with Crippen LogP contribution in [0.15, 0.2) is 73.3 Å². The summed E-state index contributed by atoms with van der Waals surface area (Å²) in [5, 5.41) is 9.24. The van der Waals surface area contributed by atoms with Gasteiger partial charge in [0.25, 0.3) is 0 Å². The third-order valence-electron chi connectivity index (χ3n) is 5.82. The number of carboxylic acid groups (broad SMARTS) is 1. The van der Waals surface area contributed by atoms with Crippen molar-refractivity contribution in [2.24, 2.45) is 29.4 Å². The first-order valence-corrected chi connectivity index (χ1v) is 10.8. The molecule has 0 heterocycles. The highest BCUT2D eigenvalue weighted by Crippen LogP contribution is 2.61. The molecule has 0 radical (unpaired) electrons. The van der Waals surface area contributed by atoms with Gasteiger partial charge >= 0.3 is 11.9 Å². The topological polar surface area (TPSA) is 116 Å². The van der Waals surface area contributed by atoms with Crippen LogP contribution in [-0.2, 0) is 23.9 Å². The monoisotopic (exact) mass is 453 g/mol. The number of hydrogen-bond acceptors (Lipinski definition) is 5. The van der Waals surface area contributed by atoms with E-state index in [4.69, 9.17) is 9.53 Å². The van der Waals surface area contributed by atoms with Crippen LogP contribution in [0.25, 0.3) is 0 Å². The van der Waals surface area contributed by atoms with Crippen LogP contribution in [0.1, 0.15) is 30.1 Å². The van der Waals surface area contributed by atoms with Crippen LogP contribution in [0.2, 0.25) is 0 Å². The van der Waals surface area contributed by atoms with Crippen molar-refractivity contribution in [3.63, 3.8) is 0 Å². The molecule has 0 bridgehead atoms. The second-order valence-corrected chi connectivity index (χ2v) is 7.81. The van der Waals surface area contributed by atoms with Gasteiger partial charge < -0.3 is 20.3 Å². The number of methoxy groups -OCH3 is 1. The predicted molar refractivity (Wildman–Crippen MR) is 124 cm³/mol. The van der Waals surface area contributed by atoms with Crippen LogP contribution in [0.4, 0.5) is 0 Å². The number of carbonyl (C=O) groups excluding carboxylic acids is 2. The summed E-state index contributed by atoms with van der Waals surface area (Å²) in [4.78, 5) is 32.6. The predicted octanol–water partition coefficient (Wildman–Crippen LogP) is 3.60. The Kier molecular flexibility index (Phi) is 10.3. The van der Waals surface area contributed by atoms with Gasteiger partial charge in [-0.25, -0.2) is 0 Å². The van der Waals surface area contributed by atoms with Gasteiger partial charge in [-0.2, -0.15) is 0 Å². The summed E-state index contributed by atoms with van der Waals surface area (Å²) in [6, 6.07) is 19.3. The Bertz CT molecular complexity index is 862. The van der Waals surface area contributed by atoms with Crippen molar-refractivity contribution in [1.82, 2.24) is 0 Å². The number of carboxylic acids is 1. The number of rotatable bonds is 7. The van der Waals surface area contributed by atoms with Gasteiger partial charge in [0.15, 0.2) is 6.10 Å². The lowest BCUT2D eigenvalue weighted by Crippen LogP contribution is -2.23. The van der Waals surface area contributed by atoms with Crippen molar-refractivity contribution in [2.75, 3.05) is 13.7 Å². The lowest BCUT2D eigenvalue weighted by molar-refractivity contribution is -0.153. The fraction of sp³-hybridized carbons (Fsp3) is 0.346. The molecule has 4 unspecified atom stereocenters. The lowest BCUT2D eigenvalue weighted by Gasteiger charge is -2.22. The zero-order valence-electron chi connectivity index (χ0n) is 18.7. The Morgan fingerprint density at radius 3 is 1.97 bits per heavy atom. The molecule has 4 atom stereocenters. The van der Waals surface area contributed by atoms with Crippen molar-refractivity contribution in [2.45, 2.75) is 18.9 Å². The number of hydrogen-bond donors (Lipinski definition) is 2. The number of ether oxygens (including phenoxy) is 2. The largest absolute Gasteiger partial charge is 0.481 e. The minimum Gasteiger partial charge on any atom is -0.481 e. The van der Waals surface area contributed by atoms with E-state index in [-0.39, 0.29) is 36.1 Å². The molecule has 2 saturated carbocycles. The maximum Gasteiger partial charge on any atom is 0.310 e. The van der Waals surface area contributed by atoms with Crippen LogP contribution in [0, 0.1) is 23.7 Å². The molecule has 2 aliphatic rings. The minimum absolute atomic E-state index is 0.0443. The Balaban J connectivity index is 0.000000420. The van der Waals surface area contributed by atoms with Gasteiger partial charge in [0.1, 0.15) is 0 Å². The third-order valence-corrected chi connectivity index (χ3v) is 5.82. The quantitative estimate of drug-likeness (QED) is 0.376. The summed E-state index contributed by atoms with van der Waals surface area (Å²) in [5.74, 6) is -1.59. The molecule has 7 heteroatoms. The van der Waals surface area contributed by atoms with Crippen LogP contribution in [0.5, 0.6) is 0 Å². The van der Waals surface area contributed by atoms with E-state index in [0.29, 0.717) is 6.61 Å². The summed E-state index contributed by atoms with van der Waals surface area (Å²) >= 11 is 0. The fourth-order valence-corrected chi connectivity index (χ4v) is 4.41. The third kappa shape index (κ3) is 7.02. The zero-order valence-corrected chi connectivity index (χ0v) is 18.7. The molecule has 0 saturated heterocycles. The van der Waals surface area contributed by atoms with Crippen molar-refractivity contribution in [3.05, 3.63) is 84.4 Å². The number of carbonyl (C=O) groups is 3. The van der Waals surface area contributed by atoms with Gasteiger partial charge in [0, 0.05) is 7.11 Å². The first-order valence-electron chi connectivity index (χ1n) is 10.8. The molecular formula is C26H31NO6. The van der Waals surface area contributed by atoms with Gasteiger partial charge in [-0.15, -0.1) is 6.58 Å². The normalized spacial score (nSPS) is 21.9. The first-order chi connectivity index (χ1) is 16.0. The minimum atomic E-state index is -0.782. The first kappa shape index (κ1) is 25.8. The molecule has 0 aromatic heterocycles. The SMILES string of the molecule is C=CCOC.NC=O.O=C(OC(c1ccccc1)c1ccccc1)C1CCC2C(C(=O)O)C12. The Morgan fingerprint density at radius 2 is 1.61 bits per heavy atom. The Hall–Kier alpha value is -3.45. The van der Waals surface area contributed by atoms with E-state index in [1.54, 1.807) is 13.2 Å². The molecule has 2 aliphatic carbocycles. The van der Waals surface area contributed by atoms with Gasteiger partial charge in [0.2, 0.25) is 6.41 Å². The molecular weight excluding hydrogens is 422 g/mol. The average molecular weight is 454 g/mol. The summed E-state index contributed by atoms with van der Waals surface area (Å²) < 4.78 is 10.5. The van der Waals surface area contributed by atoms with Crippen LogP contribution >= 0.6 is 0 Å². The molecule has 7 nitrogen and oxygen atoms in total. The number of nitrogens with two attached hydrogens (primary N) is 1. The smallest absolute Gasteiger partial charge is 0.310 e. The molecule has 2 fully saturated rings. The maximum atomic E-state index is 12.8. The molecule has 2 aromatic carbocycles. The molecule has 2 aromatic rings. The number of primary amides is 1. The van der Waals surface area contributed by atoms with Crippen LogP contribution < -0.4 is 5.73 Å². The van der Waals surface area contributed by atoms with Gasteiger partial charge in [-0.05, 0) is 35.8 Å². The van der Waals surface area contributed by atoms with Crippen LogP contribution in [0.3, 0.4) is 0 Å². The molecule has 176 valence electrons. The number of fused-ring (bicyclic) bond motifs is 1. The van der Waals surface area contributed by atoms with E-state index >= 15 is 0 Å². The molecule has 0 aliphatic heterocycles. The summed E-state index contributed by atoms with van der Waals surface area (Å²) in [6.45, 7) is 4.08. The second-order valence-electron chi connectivity index (χ2n) is 7.81. The van der Waals surface area contributed by atoms with Crippen molar-refractivity contribution in [1.29, 1.82) is 0 Å². The number of amides is 1. The Morgan fingerprint density at radius 1 is 1.09 bits per heavy atom. The molecule has 0 spiro atoms. The van der Waals surface area contributed by atoms with Crippen LogP contribution in [-0.4, -0.2) is 37.2 Å². The summed E-state index contributed by atoms with van der Waals surface area (Å²) in [5.41, 5.74) is 6.00. The zero-order chi connectivity index (χ0) is 24.2. The summed E-state index contributed by atoms with van der Waals surface area (Å²) in [7, 11) is 1.64. The second kappa shape index (κ2) is 13.2. The van der Waals surface area contributed by atoms with Crippen molar-refractivity contribution >= 4 is 18.3 Å². The van der Waals surface area contributed by atoms with E-state index in [1.165, 1.54) is 0 Å². The van der Waals surface area contributed by atoms with Gasteiger partial charge in [-0.3, -0.25) is 14.4 Å². The highest BCUT2D eigenvalue weighted by Gasteiger charge is 2.64. The summed E-state index contributed by atoms with van der Waals surface area (Å²) in [6.07, 6.45) is 3.03. The highest BCUT2D eigenvalue weighted by molar-refractivity contribution is 5.80. The van der Waals surface area contributed by atoms with E-state index in [2.05, 4.69) is 17.0 Å². The van der Waals surface area contributed by atoms with E-state index in [9.17, 15) is 14.7 Å². The average Bonchev–Trinajstić information content (AvgIpc) is 3.39.